The van der Waals surface area contributed by atoms with Crippen LogP contribution >= 0.6 is 24.0 Å². The van der Waals surface area contributed by atoms with Gasteiger partial charge in [-0.15, -0.1) is 24.0 Å². The Hall–Kier alpha value is -2.08. The van der Waals surface area contributed by atoms with E-state index in [9.17, 15) is 9.59 Å². The van der Waals surface area contributed by atoms with Crippen molar-refractivity contribution >= 4 is 41.9 Å². The molecule has 0 aromatic heterocycles. The number of urea groups is 1. The number of carbonyl (C=O) groups is 2. The predicted molar refractivity (Wildman–Crippen MR) is 122 cm³/mol. The number of guanidine groups is 1. The van der Waals surface area contributed by atoms with Crippen molar-refractivity contribution in [3.63, 3.8) is 0 Å². The Balaban J connectivity index is 0.00000420. The monoisotopic (exact) mass is 519 g/mol. The van der Waals surface area contributed by atoms with Crippen LogP contribution in [0.25, 0.3) is 0 Å². The Kier molecular flexibility index (Phi) is 12.0. The number of nitrogens with zero attached hydrogens (tertiary/aromatic N) is 2. The van der Waals surface area contributed by atoms with Gasteiger partial charge in [0.15, 0.2) is 5.96 Å². The molecule has 10 heteroatoms. The zero-order valence-corrected chi connectivity index (χ0v) is 19.2. The van der Waals surface area contributed by atoms with Gasteiger partial charge in [0, 0.05) is 32.8 Å². The number of benzene rings is 1. The quantitative estimate of drug-likeness (QED) is 0.134. The van der Waals surface area contributed by atoms with Gasteiger partial charge < -0.3 is 25.4 Å². The van der Waals surface area contributed by atoms with E-state index < -0.39 is 0 Å². The third kappa shape index (κ3) is 8.86. The zero-order chi connectivity index (χ0) is 20.2. The van der Waals surface area contributed by atoms with Crippen LogP contribution in [0.4, 0.5) is 4.79 Å². The Morgan fingerprint density at radius 1 is 1.21 bits per heavy atom. The highest BCUT2D eigenvalue weighted by atomic mass is 127. The van der Waals surface area contributed by atoms with E-state index in [1.807, 2.05) is 31.2 Å². The molecule has 0 saturated carbocycles. The SMILES string of the molecule is CCOCCCNC(=NCc1ccc(OC)cc1)NCCN1C(=O)CNC1=O.I. The highest BCUT2D eigenvalue weighted by Crippen LogP contribution is 2.11. The van der Waals surface area contributed by atoms with Crippen LogP contribution in [0.2, 0.25) is 0 Å². The van der Waals surface area contributed by atoms with E-state index in [0.29, 0.717) is 38.8 Å². The molecule has 0 aliphatic carbocycles. The maximum Gasteiger partial charge on any atom is 0.324 e. The number of rotatable bonds is 11. The molecule has 29 heavy (non-hydrogen) atoms. The van der Waals surface area contributed by atoms with Crippen molar-refractivity contribution in [2.24, 2.45) is 4.99 Å². The van der Waals surface area contributed by atoms with Gasteiger partial charge in [-0.25, -0.2) is 9.79 Å². The summed E-state index contributed by atoms with van der Waals surface area (Å²) in [4.78, 5) is 29.0. The Labute approximate surface area is 188 Å². The van der Waals surface area contributed by atoms with Gasteiger partial charge >= 0.3 is 6.03 Å². The van der Waals surface area contributed by atoms with Gasteiger partial charge in [-0.3, -0.25) is 9.69 Å². The summed E-state index contributed by atoms with van der Waals surface area (Å²) in [5.41, 5.74) is 1.05. The molecule has 0 bridgehead atoms. The number of ether oxygens (including phenoxy) is 2. The zero-order valence-electron chi connectivity index (χ0n) is 16.9. The minimum atomic E-state index is -0.354. The molecule has 1 aromatic rings. The van der Waals surface area contributed by atoms with E-state index >= 15 is 0 Å². The van der Waals surface area contributed by atoms with E-state index in [2.05, 4.69) is 20.9 Å². The van der Waals surface area contributed by atoms with Gasteiger partial charge in [-0.1, -0.05) is 12.1 Å². The average molecular weight is 519 g/mol. The molecular weight excluding hydrogens is 489 g/mol. The molecule has 162 valence electrons. The van der Waals surface area contributed by atoms with Gasteiger partial charge in [0.05, 0.1) is 20.2 Å². The number of methoxy groups -OCH3 is 1. The highest BCUT2D eigenvalue weighted by Gasteiger charge is 2.27. The summed E-state index contributed by atoms with van der Waals surface area (Å²) >= 11 is 0. The summed E-state index contributed by atoms with van der Waals surface area (Å²) in [5, 5.41) is 8.93. The number of aliphatic imine (C=N–C) groups is 1. The van der Waals surface area contributed by atoms with Crippen LogP contribution in [0, 0.1) is 0 Å². The first-order valence-corrected chi connectivity index (χ1v) is 9.45. The van der Waals surface area contributed by atoms with Crippen LogP contribution < -0.4 is 20.7 Å². The molecule has 0 atom stereocenters. The number of hydrogen-bond donors (Lipinski definition) is 3. The number of nitrogens with one attached hydrogen (secondary N) is 3. The number of hydrogen-bond acceptors (Lipinski definition) is 5. The van der Waals surface area contributed by atoms with Crippen LogP contribution in [0.1, 0.15) is 18.9 Å². The molecule has 1 aliphatic heterocycles. The second-order valence-electron chi connectivity index (χ2n) is 6.12. The van der Waals surface area contributed by atoms with Crippen molar-refractivity contribution in [2.75, 3.05) is 46.5 Å². The molecular formula is C19H30IN5O4. The minimum Gasteiger partial charge on any atom is -0.497 e. The lowest BCUT2D eigenvalue weighted by molar-refractivity contribution is -0.124. The van der Waals surface area contributed by atoms with Crippen molar-refractivity contribution in [1.82, 2.24) is 20.9 Å². The molecule has 3 amide bonds. The van der Waals surface area contributed by atoms with Crippen molar-refractivity contribution < 1.29 is 19.1 Å². The molecule has 3 N–H and O–H groups in total. The Morgan fingerprint density at radius 2 is 1.93 bits per heavy atom. The number of halogens is 1. The van der Waals surface area contributed by atoms with Gasteiger partial charge in [-0.05, 0) is 31.0 Å². The van der Waals surface area contributed by atoms with Crippen LogP contribution in [0.3, 0.4) is 0 Å². The maximum atomic E-state index is 11.6. The van der Waals surface area contributed by atoms with Crippen molar-refractivity contribution in [2.45, 2.75) is 19.9 Å². The number of carbonyl (C=O) groups excluding carboxylic acids is 2. The first-order valence-electron chi connectivity index (χ1n) is 9.45. The summed E-state index contributed by atoms with van der Waals surface area (Å²) in [6.07, 6.45) is 0.851. The Bertz CT molecular complexity index is 653. The standard InChI is InChI=1S/C19H29N5O4.HI/c1-3-28-12-4-9-20-18(21-10-11-24-17(25)14-23-19(24)26)22-13-15-5-7-16(27-2)8-6-15;/h5-8H,3-4,9-14H2,1-2H3,(H,23,26)(H2,20,21,22);1H. The molecule has 1 aliphatic rings. The fourth-order valence-electron chi connectivity index (χ4n) is 2.57. The van der Waals surface area contributed by atoms with Crippen molar-refractivity contribution in [3.05, 3.63) is 29.8 Å². The minimum absolute atomic E-state index is 0. The summed E-state index contributed by atoms with van der Waals surface area (Å²) in [6.45, 7) is 5.30. The van der Waals surface area contributed by atoms with Gasteiger partial charge in [0.25, 0.3) is 0 Å². The summed E-state index contributed by atoms with van der Waals surface area (Å²) in [7, 11) is 1.63. The van der Waals surface area contributed by atoms with Gasteiger partial charge in [0.2, 0.25) is 5.91 Å². The second-order valence-corrected chi connectivity index (χ2v) is 6.12. The van der Waals surface area contributed by atoms with Crippen molar-refractivity contribution in [1.29, 1.82) is 0 Å². The number of amides is 3. The van der Waals surface area contributed by atoms with E-state index in [-0.39, 0.29) is 49.0 Å². The smallest absolute Gasteiger partial charge is 0.324 e. The number of imide groups is 1. The lowest BCUT2D eigenvalue weighted by Crippen LogP contribution is -2.43. The molecule has 0 spiro atoms. The first-order chi connectivity index (χ1) is 13.6. The largest absolute Gasteiger partial charge is 0.497 e. The van der Waals surface area contributed by atoms with Crippen molar-refractivity contribution in [3.8, 4) is 5.75 Å². The third-order valence-electron chi connectivity index (χ3n) is 4.11. The van der Waals surface area contributed by atoms with Crippen LogP contribution in [-0.4, -0.2) is 69.3 Å². The van der Waals surface area contributed by atoms with E-state index in [4.69, 9.17) is 9.47 Å². The lowest BCUT2D eigenvalue weighted by atomic mass is 10.2. The molecule has 0 radical (unpaired) electrons. The molecule has 0 unspecified atom stereocenters. The van der Waals surface area contributed by atoms with E-state index in [1.165, 1.54) is 4.90 Å². The molecule has 1 heterocycles. The highest BCUT2D eigenvalue weighted by molar-refractivity contribution is 14.0. The van der Waals surface area contributed by atoms with Gasteiger partial charge in [-0.2, -0.15) is 0 Å². The van der Waals surface area contributed by atoms with Gasteiger partial charge in [0.1, 0.15) is 5.75 Å². The summed E-state index contributed by atoms with van der Waals surface area (Å²) < 4.78 is 10.5. The summed E-state index contributed by atoms with van der Waals surface area (Å²) in [5.74, 6) is 1.21. The fourth-order valence-corrected chi connectivity index (χ4v) is 2.57. The topological polar surface area (TPSA) is 104 Å². The molecule has 1 saturated heterocycles. The van der Waals surface area contributed by atoms with Crippen LogP contribution in [-0.2, 0) is 16.1 Å². The lowest BCUT2D eigenvalue weighted by Gasteiger charge is -2.16. The van der Waals surface area contributed by atoms with Crippen LogP contribution in [0.15, 0.2) is 29.3 Å². The predicted octanol–water partition coefficient (Wildman–Crippen LogP) is 1.33. The van der Waals surface area contributed by atoms with E-state index in [0.717, 1.165) is 17.7 Å². The molecule has 1 fully saturated rings. The second kappa shape index (κ2) is 14.0. The molecule has 9 nitrogen and oxygen atoms in total. The maximum absolute atomic E-state index is 11.6. The summed E-state index contributed by atoms with van der Waals surface area (Å²) in [6, 6.07) is 7.36. The Morgan fingerprint density at radius 3 is 2.55 bits per heavy atom. The molecule has 1 aromatic carbocycles. The van der Waals surface area contributed by atoms with E-state index in [1.54, 1.807) is 7.11 Å². The fraction of sp³-hybridized carbons (Fsp3) is 0.526. The molecule has 2 rings (SSSR count). The normalized spacial score (nSPS) is 13.7. The average Bonchev–Trinajstić information content (AvgIpc) is 3.03. The first kappa shape index (κ1) is 25.0. The third-order valence-corrected chi connectivity index (χ3v) is 4.11. The van der Waals surface area contributed by atoms with Crippen LogP contribution in [0.5, 0.6) is 5.75 Å².